The fraction of sp³-hybridized carbons (Fsp3) is 0.316. The van der Waals surface area contributed by atoms with Crippen LogP contribution in [-0.4, -0.2) is 27.9 Å². The van der Waals surface area contributed by atoms with Crippen molar-refractivity contribution in [2.24, 2.45) is 0 Å². The molecule has 8 heteroatoms. The molecule has 27 heavy (non-hydrogen) atoms. The van der Waals surface area contributed by atoms with E-state index in [2.05, 4.69) is 59.3 Å². The van der Waals surface area contributed by atoms with Gasteiger partial charge in [-0.15, -0.1) is 0 Å². The van der Waals surface area contributed by atoms with Gasteiger partial charge in [0.1, 0.15) is 0 Å². The monoisotopic (exact) mass is 421 g/mol. The Morgan fingerprint density at radius 1 is 0.889 bits per heavy atom. The first-order valence-corrected chi connectivity index (χ1v) is 14.5. The van der Waals surface area contributed by atoms with E-state index in [-0.39, 0.29) is 0 Å². The molecule has 0 saturated carbocycles. The number of hydrogen-bond acceptors (Lipinski definition) is 3. The molecule has 0 unspecified atom stereocenters. The molecular weight excluding hydrogens is 394 g/mol. The Balaban J connectivity index is 1.79. The Bertz CT molecular complexity index is 875. The van der Waals surface area contributed by atoms with Crippen molar-refractivity contribution in [2.45, 2.75) is 32.7 Å². The summed E-state index contributed by atoms with van der Waals surface area (Å²) in [4.78, 5) is 0. The summed E-state index contributed by atoms with van der Waals surface area (Å²) in [6, 6.07) is 15.9. The first-order chi connectivity index (χ1) is 12.5. The molecule has 2 aromatic rings. The number of sulfonamides is 1. The van der Waals surface area contributed by atoms with Gasteiger partial charge < -0.3 is 10.6 Å². The Hall–Kier alpha value is -1.90. The second kappa shape index (κ2) is 8.86. The molecule has 2 rings (SSSR count). The maximum atomic E-state index is 11.2. The standard InChI is InChI=1S/C19H27N3O2S2Si/c1-26(23,24)22-17-9-5-15(6-10-17)13-20-19(25)21-14-16-7-11-18(12-8-16)27(2,3)4/h5-12,22H,13-14H2,1-4H3,(H2,20,21,25). The van der Waals surface area contributed by atoms with Crippen LogP contribution in [0.4, 0.5) is 5.69 Å². The number of anilines is 1. The van der Waals surface area contributed by atoms with Gasteiger partial charge in [0.2, 0.25) is 10.0 Å². The smallest absolute Gasteiger partial charge is 0.229 e. The third-order valence-corrected chi connectivity index (χ3v) is 6.94. The van der Waals surface area contributed by atoms with Gasteiger partial charge in [-0.3, -0.25) is 4.72 Å². The average Bonchev–Trinajstić information content (AvgIpc) is 2.57. The second-order valence-corrected chi connectivity index (χ2v) is 14.8. The molecule has 0 spiro atoms. The third kappa shape index (κ3) is 7.70. The first-order valence-electron chi connectivity index (χ1n) is 8.71. The number of hydrogen-bond donors (Lipinski definition) is 3. The molecule has 5 nitrogen and oxygen atoms in total. The summed E-state index contributed by atoms with van der Waals surface area (Å²) in [5.41, 5.74) is 2.75. The summed E-state index contributed by atoms with van der Waals surface area (Å²) in [5, 5.41) is 8.40. The summed E-state index contributed by atoms with van der Waals surface area (Å²) in [6.45, 7) is 8.25. The van der Waals surface area contributed by atoms with Gasteiger partial charge in [-0.2, -0.15) is 0 Å². The van der Waals surface area contributed by atoms with E-state index in [1.165, 1.54) is 10.8 Å². The lowest BCUT2D eigenvalue weighted by atomic mass is 10.2. The van der Waals surface area contributed by atoms with Crippen LogP contribution in [0.2, 0.25) is 19.6 Å². The molecule has 0 radical (unpaired) electrons. The van der Waals surface area contributed by atoms with Crippen molar-refractivity contribution in [2.75, 3.05) is 11.0 Å². The van der Waals surface area contributed by atoms with Crippen molar-refractivity contribution >= 4 is 46.3 Å². The van der Waals surface area contributed by atoms with Crippen LogP contribution in [0.15, 0.2) is 48.5 Å². The minimum Gasteiger partial charge on any atom is -0.359 e. The molecule has 0 fully saturated rings. The highest BCUT2D eigenvalue weighted by molar-refractivity contribution is 7.92. The van der Waals surface area contributed by atoms with E-state index in [1.54, 1.807) is 12.1 Å². The molecule has 0 saturated heterocycles. The molecular formula is C19H27N3O2S2Si. The average molecular weight is 422 g/mol. The maximum Gasteiger partial charge on any atom is 0.229 e. The van der Waals surface area contributed by atoms with E-state index in [0.29, 0.717) is 23.9 Å². The number of thiocarbonyl (C=S) groups is 1. The van der Waals surface area contributed by atoms with Gasteiger partial charge in [-0.1, -0.05) is 61.2 Å². The van der Waals surface area contributed by atoms with Gasteiger partial charge in [-0.05, 0) is 35.5 Å². The highest BCUT2D eigenvalue weighted by Crippen LogP contribution is 2.10. The summed E-state index contributed by atoms with van der Waals surface area (Å²) < 4.78 is 24.9. The van der Waals surface area contributed by atoms with E-state index in [4.69, 9.17) is 12.2 Å². The molecule has 0 aliphatic carbocycles. The van der Waals surface area contributed by atoms with E-state index < -0.39 is 18.1 Å². The second-order valence-electron chi connectivity index (χ2n) is 7.55. The van der Waals surface area contributed by atoms with Crippen molar-refractivity contribution in [3.05, 3.63) is 59.7 Å². The lowest BCUT2D eigenvalue weighted by molar-refractivity contribution is 0.607. The van der Waals surface area contributed by atoms with E-state index in [1.807, 2.05) is 12.1 Å². The van der Waals surface area contributed by atoms with Gasteiger partial charge in [0, 0.05) is 18.8 Å². The molecule has 0 bridgehead atoms. The minimum atomic E-state index is -3.25. The Morgan fingerprint density at radius 2 is 1.33 bits per heavy atom. The summed E-state index contributed by atoms with van der Waals surface area (Å²) in [6.07, 6.45) is 1.13. The van der Waals surface area contributed by atoms with Crippen molar-refractivity contribution < 1.29 is 8.42 Å². The van der Waals surface area contributed by atoms with Crippen LogP contribution in [0.25, 0.3) is 0 Å². The molecule has 0 atom stereocenters. The highest BCUT2D eigenvalue weighted by Gasteiger charge is 2.15. The minimum absolute atomic E-state index is 0.545. The van der Waals surface area contributed by atoms with Crippen LogP contribution in [0.3, 0.4) is 0 Å². The molecule has 3 N–H and O–H groups in total. The predicted molar refractivity (Wildman–Crippen MR) is 121 cm³/mol. The van der Waals surface area contributed by atoms with Gasteiger partial charge in [0.05, 0.1) is 14.3 Å². The first kappa shape index (κ1) is 21.4. The Kier molecular flexibility index (Phi) is 7.02. The van der Waals surface area contributed by atoms with Crippen LogP contribution in [0, 0.1) is 0 Å². The largest absolute Gasteiger partial charge is 0.359 e. The number of benzene rings is 2. The molecule has 0 heterocycles. The van der Waals surface area contributed by atoms with Crippen molar-refractivity contribution in [1.82, 2.24) is 10.6 Å². The fourth-order valence-electron chi connectivity index (χ4n) is 2.45. The molecule has 0 aromatic heterocycles. The lowest BCUT2D eigenvalue weighted by Gasteiger charge is -2.17. The third-order valence-electron chi connectivity index (χ3n) is 3.98. The molecule has 0 amide bonds. The van der Waals surface area contributed by atoms with Crippen LogP contribution >= 0.6 is 12.2 Å². The fourth-order valence-corrected chi connectivity index (χ4v) is 4.33. The molecule has 0 aliphatic heterocycles. The van der Waals surface area contributed by atoms with Crippen LogP contribution in [0.5, 0.6) is 0 Å². The zero-order chi connectivity index (χ0) is 20.1. The van der Waals surface area contributed by atoms with Crippen molar-refractivity contribution in [3.8, 4) is 0 Å². The zero-order valence-corrected chi connectivity index (χ0v) is 18.8. The molecule has 146 valence electrons. The number of rotatable bonds is 7. The summed E-state index contributed by atoms with van der Waals surface area (Å²) in [5.74, 6) is 0. The van der Waals surface area contributed by atoms with Crippen LogP contribution < -0.4 is 20.5 Å². The van der Waals surface area contributed by atoms with Crippen LogP contribution in [-0.2, 0) is 23.1 Å². The van der Waals surface area contributed by atoms with Gasteiger partial charge in [0.25, 0.3) is 0 Å². The van der Waals surface area contributed by atoms with E-state index >= 15 is 0 Å². The van der Waals surface area contributed by atoms with Gasteiger partial charge in [-0.25, -0.2) is 8.42 Å². The van der Waals surface area contributed by atoms with Crippen molar-refractivity contribution in [3.63, 3.8) is 0 Å². The van der Waals surface area contributed by atoms with Gasteiger partial charge >= 0.3 is 0 Å². The lowest BCUT2D eigenvalue weighted by Crippen LogP contribution is -2.37. The summed E-state index contributed by atoms with van der Waals surface area (Å²) >= 11 is 5.33. The Morgan fingerprint density at radius 3 is 1.74 bits per heavy atom. The maximum absolute atomic E-state index is 11.2. The zero-order valence-electron chi connectivity index (χ0n) is 16.2. The topological polar surface area (TPSA) is 70.2 Å². The van der Waals surface area contributed by atoms with E-state index in [9.17, 15) is 8.42 Å². The molecule has 0 aliphatic rings. The quantitative estimate of drug-likeness (QED) is 0.474. The SMILES string of the molecule is C[Si](C)(C)c1ccc(CNC(=S)NCc2ccc(NS(C)(=O)=O)cc2)cc1. The highest BCUT2D eigenvalue weighted by atomic mass is 32.2. The predicted octanol–water partition coefficient (Wildman–Crippen LogP) is 2.77. The normalized spacial score (nSPS) is 11.7. The van der Waals surface area contributed by atoms with Crippen LogP contribution in [0.1, 0.15) is 11.1 Å². The van der Waals surface area contributed by atoms with Crippen molar-refractivity contribution in [1.29, 1.82) is 0 Å². The number of nitrogens with one attached hydrogen (secondary N) is 3. The summed E-state index contributed by atoms with van der Waals surface area (Å²) in [7, 11) is -4.52. The molecule has 2 aromatic carbocycles. The van der Waals surface area contributed by atoms with Gasteiger partial charge in [0.15, 0.2) is 5.11 Å². The Labute approximate surface area is 168 Å². The van der Waals surface area contributed by atoms with E-state index in [0.717, 1.165) is 11.8 Å².